The first-order valence-corrected chi connectivity index (χ1v) is 9.96. The van der Waals surface area contributed by atoms with Crippen LogP contribution >= 0.6 is 0 Å². The molecule has 0 saturated carbocycles. The zero-order chi connectivity index (χ0) is 23.9. The molecule has 0 unspecified atom stereocenters. The third-order valence-corrected chi connectivity index (χ3v) is 4.50. The Kier molecular flexibility index (Phi) is 16.6. The van der Waals surface area contributed by atoms with Crippen LogP contribution in [-0.4, -0.2) is 145 Å². The molecule has 4 N–H and O–H groups in total. The number of carboxylic acid groups (broad SMARTS) is 4. The number of hydrogen-bond donors (Lipinski definition) is 4. The van der Waals surface area contributed by atoms with Crippen LogP contribution in [0.3, 0.4) is 0 Å². The molecule has 1 heterocycles. The van der Waals surface area contributed by atoms with Crippen LogP contribution in [0.1, 0.15) is 0 Å². The summed E-state index contributed by atoms with van der Waals surface area (Å²) in [7, 11) is 0. The molecular weight excluding hydrogens is 492 g/mol. The number of carboxylic acids is 4. The topological polar surface area (TPSA) is 193 Å². The van der Waals surface area contributed by atoms with Gasteiger partial charge in [0.2, 0.25) is 12.1 Å². The standard InChI is InChI=1S/C18H30N2O12.Fe/c21-15(22)13(16(23)24)19-1-5-29-9-10-31-7-3-20(14(17(25)26)18(27)28)4-8-32-12-11-30-6-2-19;/h13-14H,1-12H2,(H,21,22)(H,23,24)(H,25,26)(H,27,28);. The van der Waals surface area contributed by atoms with E-state index in [0.29, 0.717) is 0 Å². The van der Waals surface area contributed by atoms with Gasteiger partial charge in [-0.05, 0) is 0 Å². The van der Waals surface area contributed by atoms with Crippen LogP contribution in [0.2, 0.25) is 0 Å². The quantitative estimate of drug-likeness (QED) is 0.216. The molecule has 0 aromatic rings. The number of aliphatic carboxylic acids is 4. The average molecular weight is 522 g/mol. The molecule has 0 aliphatic carbocycles. The number of nitrogens with zero attached hydrogens (tertiary/aromatic N) is 2. The monoisotopic (exact) mass is 522 g/mol. The maximum Gasteiger partial charge on any atom is 0.332 e. The molecule has 15 heteroatoms. The van der Waals surface area contributed by atoms with Crippen LogP contribution < -0.4 is 0 Å². The minimum Gasteiger partial charge on any atom is -0.480 e. The van der Waals surface area contributed by atoms with E-state index in [1.807, 2.05) is 0 Å². The van der Waals surface area contributed by atoms with Gasteiger partial charge >= 0.3 is 23.9 Å². The SMILES string of the molecule is O=C(O)C(C(=O)O)N1CCOCCOCCN(C(C(=O)O)C(=O)O)CCOCCOCC1.[Fe]. The van der Waals surface area contributed by atoms with Crippen molar-refractivity contribution < 1.29 is 75.6 Å². The summed E-state index contributed by atoms with van der Waals surface area (Å²) in [6.07, 6.45) is 0. The van der Waals surface area contributed by atoms with Gasteiger partial charge in [-0.15, -0.1) is 0 Å². The van der Waals surface area contributed by atoms with Gasteiger partial charge in [-0.25, -0.2) is 19.2 Å². The molecule has 1 aliphatic rings. The predicted octanol–water partition coefficient (Wildman–Crippen LogP) is -2.26. The molecule has 0 aromatic heterocycles. The Bertz CT molecular complexity index is 523. The Morgan fingerprint density at radius 3 is 0.879 bits per heavy atom. The van der Waals surface area contributed by atoms with Gasteiger partial charge < -0.3 is 39.4 Å². The molecule has 1 saturated heterocycles. The largest absolute Gasteiger partial charge is 0.480 e. The second kappa shape index (κ2) is 17.6. The summed E-state index contributed by atoms with van der Waals surface area (Å²) in [6, 6.07) is -3.47. The van der Waals surface area contributed by atoms with Crippen LogP contribution in [0.25, 0.3) is 0 Å². The third kappa shape index (κ3) is 12.3. The van der Waals surface area contributed by atoms with Crippen LogP contribution in [0.15, 0.2) is 0 Å². The fourth-order valence-electron chi connectivity index (χ4n) is 2.95. The molecule has 33 heavy (non-hydrogen) atoms. The van der Waals surface area contributed by atoms with Crippen molar-refractivity contribution in [3.05, 3.63) is 0 Å². The second-order valence-corrected chi connectivity index (χ2v) is 6.68. The summed E-state index contributed by atoms with van der Waals surface area (Å²) < 4.78 is 21.4. The van der Waals surface area contributed by atoms with Crippen LogP contribution in [-0.2, 0) is 55.2 Å². The van der Waals surface area contributed by atoms with E-state index >= 15 is 0 Å². The van der Waals surface area contributed by atoms with Crippen LogP contribution in [0.4, 0.5) is 0 Å². The first-order valence-electron chi connectivity index (χ1n) is 9.96. The first kappa shape index (κ1) is 31.2. The fourth-order valence-corrected chi connectivity index (χ4v) is 2.95. The summed E-state index contributed by atoms with van der Waals surface area (Å²) >= 11 is 0. The van der Waals surface area contributed by atoms with Crippen molar-refractivity contribution in [2.45, 2.75) is 12.1 Å². The molecule has 1 aliphatic heterocycles. The molecular formula is C18H30FeN2O12. The molecule has 0 bridgehead atoms. The van der Waals surface area contributed by atoms with Crippen molar-refractivity contribution in [2.24, 2.45) is 0 Å². The van der Waals surface area contributed by atoms with Crippen molar-refractivity contribution in [3.8, 4) is 0 Å². The molecule has 1 fully saturated rings. The van der Waals surface area contributed by atoms with E-state index in [0.717, 1.165) is 0 Å². The Morgan fingerprint density at radius 2 is 0.697 bits per heavy atom. The van der Waals surface area contributed by atoms with Crippen molar-refractivity contribution in [2.75, 3.05) is 79.0 Å². The second-order valence-electron chi connectivity index (χ2n) is 6.68. The van der Waals surface area contributed by atoms with E-state index in [9.17, 15) is 39.6 Å². The number of carbonyl (C=O) groups is 4. The third-order valence-electron chi connectivity index (χ3n) is 4.50. The van der Waals surface area contributed by atoms with Crippen LogP contribution in [0.5, 0.6) is 0 Å². The van der Waals surface area contributed by atoms with Gasteiger partial charge in [-0.1, -0.05) is 0 Å². The number of rotatable bonds is 6. The van der Waals surface area contributed by atoms with E-state index in [1.54, 1.807) is 0 Å². The first-order chi connectivity index (χ1) is 15.3. The normalized spacial score (nSPS) is 19.2. The molecule has 0 radical (unpaired) electrons. The summed E-state index contributed by atoms with van der Waals surface area (Å²) in [4.78, 5) is 47.7. The minimum absolute atomic E-state index is 0. The number of ether oxygens (including phenoxy) is 4. The molecule has 0 amide bonds. The average Bonchev–Trinajstić information content (AvgIpc) is 2.69. The molecule has 0 atom stereocenters. The van der Waals surface area contributed by atoms with Gasteiger partial charge in [0.05, 0.1) is 52.9 Å². The molecule has 14 nitrogen and oxygen atoms in total. The Labute approximate surface area is 200 Å². The van der Waals surface area contributed by atoms with E-state index in [-0.39, 0.29) is 96.1 Å². The summed E-state index contributed by atoms with van der Waals surface area (Å²) in [6.45, 7) is 0.854. The van der Waals surface area contributed by atoms with Crippen molar-refractivity contribution in [1.82, 2.24) is 9.80 Å². The predicted molar refractivity (Wildman–Crippen MR) is 105 cm³/mol. The van der Waals surface area contributed by atoms with Gasteiger partial charge in [-0.2, -0.15) is 0 Å². The zero-order valence-electron chi connectivity index (χ0n) is 17.9. The minimum atomic E-state index is -1.73. The maximum atomic E-state index is 11.3. The van der Waals surface area contributed by atoms with E-state index in [2.05, 4.69) is 0 Å². The van der Waals surface area contributed by atoms with Crippen molar-refractivity contribution in [1.29, 1.82) is 0 Å². The van der Waals surface area contributed by atoms with Crippen LogP contribution in [0, 0.1) is 0 Å². The Hall–Kier alpha value is -1.84. The Balaban J connectivity index is 0.0000102. The van der Waals surface area contributed by atoms with E-state index in [1.165, 1.54) is 9.80 Å². The molecule has 0 spiro atoms. The summed E-state index contributed by atoms with van der Waals surface area (Å²) in [5.41, 5.74) is 0. The fraction of sp³-hybridized carbons (Fsp3) is 0.778. The molecule has 1 rings (SSSR count). The summed E-state index contributed by atoms with van der Waals surface area (Å²) in [5, 5.41) is 36.8. The Morgan fingerprint density at radius 1 is 0.485 bits per heavy atom. The van der Waals surface area contributed by atoms with Crippen molar-refractivity contribution in [3.63, 3.8) is 0 Å². The van der Waals surface area contributed by atoms with Gasteiger partial charge in [-0.3, -0.25) is 9.80 Å². The van der Waals surface area contributed by atoms with E-state index < -0.39 is 36.0 Å². The van der Waals surface area contributed by atoms with Gasteiger partial charge in [0.1, 0.15) is 0 Å². The zero-order valence-corrected chi connectivity index (χ0v) is 19.0. The van der Waals surface area contributed by atoms with Gasteiger partial charge in [0, 0.05) is 43.2 Å². The van der Waals surface area contributed by atoms with Gasteiger partial charge in [0.15, 0.2) is 0 Å². The molecule has 0 aromatic carbocycles. The van der Waals surface area contributed by atoms with Gasteiger partial charge in [0.25, 0.3) is 0 Å². The van der Waals surface area contributed by atoms with Crippen molar-refractivity contribution >= 4 is 23.9 Å². The summed E-state index contributed by atoms with van der Waals surface area (Å²) in [5.74, 6) is -5.96. The maximum absolute atomic E-state index is 11.3. The smallest absolute Gasteiger partial charge is 0.332 e. The van der Waals surface area contributed by atoms with E-state index in [4.69, 9.17) is 18.9 Å². The molecule has 192 valence electrons. The number of hydrogen-bond acceptors (Lipinski definition) is 10.